The number of hydrogen-bond acceptors (Lipinski definition) is 43. The molecule has 0 amide bonds. The van der Waals surface area contributed by atoms with Crippen LogP contribution in [0.4, 0.5) is 0 Å². The zero-order valence-corrected chi connectivity index (χ0v) is 54.7. The number of hydrogen-bond donors (Lipinski definition) is 25. The van der Waals surface area contributed by atoms with E-state index in [-0.39, 0.29) is 12.1 Å². The Bertz CT molecular complexity index is 5140. The van der Waals surface area contributed by atoms with Crippen molar-refractivity contribution in [3.05, 3.63) is 123 Å². The average Bonchev–Trinajstić information content (AvgIpc) is 0.740. The number of ketones is 1. The summed E-state index contributed by atoms with van der Waals surface area (Å²) < 4.78 is 55.5. The normalized spacial score (nSPS) is 20.0. The average molecular weight is 1560 g/mol. The van der Waals surface area contributed by atoms with Crippen LogP contribution in [0.1, 0.15) is 89.3 Å². The van der Waals surface area contributed by atoms with E-state index in [2.05, 4.69) is 0 Å². The van der Waals surface area contributed by atoms with Crippen molar-refractivity contribution < 1.29 is 213 Å². The van der Waals surface area contributed by atoms with Gasteiger partial charge in [0.15, 0.2) is 176 Å². The van der Waals surface area contributed by atoms with Crippen molar-refractivity contribution in [2.24, 2.45) is 0 Å². The van der Waals surface area contributed by atoms with Crippen molar-refractivity contribution in [1.29, 1.82) is 0 Å². The van der Waals surface area contributed by atoms with Gasteiger partial charge in [0.1, 0.15) is 24.4 Å². The highest BCUT2D eigenvalue weighted by atomic mass is 16.7. The minimum Gasteiger partial charge on any atom is -0.504 e. The first-order valence-electron chi connectivity index (χ1n) is 30.9. The number of aliphatic hydroxyl groups excluding tert-OH is 2. The highest BCUT2D eigenvalue weighted by Crippen LogP contribution is 2.57. The van der Waals surface area contributed by atoms with Crippen LogP contribution in [0, 0.1) is 0 Å². The number of phenolic OH excluding ortho intramolecular Hbond substituents is 23. The van der Waals surface area contributed by atoms with E-state index < -0.39 is 321 Å². The van der Waals surface area contributed by atoms with Crippen LogP contribution in [0.2, 0.25) is 0 Å². The third kappa shape index (κ3) is 14.4. The molecule has 2 fully saturated rings. The molecular weight excluding hydrogens is 1500 g/mol. The van der Waals surface area contributed by atoms with Crippen molar-refractivity contribution in [3.63, 3.8) is 0 Å². The third-order valence-corrected chi connectivity index (χ3v) is 16.9. The van der Waals surface area contributed by atoms with E-state index >= 15 is 4.79 Å². The molecule has 25 N–H and O–H groups in total. The quantitative estimate of drug-likeness (QED) is 0.0397. The minimum absolute atomic E-state index is 0.165. The molecule has 43 nitrogen and oxygen atoms in total. The van der Waals surface area contributed by atoms with Crippen LogP contribution in [0.25, 0.3) is 11.1 Å². The van der Waals surface area contributed by atoms with Crippen molar-refractivity contribution in [1.82, 2.24) is 0 Å². The number of ether oxygens (including phenoxy) is 10. The van der Waals surface area contributed by atoms with Crippen LogP contribution in [0.15, 0.2) is 78.9 Å². The zero-order valence-electron chi connectivity index (χ0n) is 54.7. The summed E-state index contributed by atoms with van der Waals surface area (Å²) in [5.74, 6) is -48.1. The number of rotatable bonds is 15. The Balaban J connectivity index is 1.01. The number of carbonyl (C=O) groups excluding carboxylic acids is 8. The first-order valence-corrected chi connectivity index (χ1v) is 30.9. The SMILES string of the molecule is O=C(OC[C@H]1O[C@@H](O)[C@H](OC(=O)c2cc(O)c(O)c(O)c2Oc2cc3c(c(O)c2O)-c2c(cc(O)c(O)c2O)C(=O)O[C@H]2[C@H](OC(=O)c4cc(O)c(O)c(O)c4)[C@@H](OC(=O)c4cc(O)c(O)c(O)c4)[C@H](O)O[C@@H]2CC3=O)[C@@H](OC(=O)c2cc(O)c(O)c(O)c2)[C@@H]1OC(=O)c1cc(O)c(O)c(O)c1)c1cc(O)c(O)c(O)c1. The molecular formula is C68H52O43. The Morgan fingerprint density at radius 1 is 0.342 bits per heavy atom. The smallest absolute Gasteiger partial charge is 0.342 e. The first-order chi connectivity index (χ1) is 52.1. The predicted molar refractivity (Wildman–Crippen MR) is 345 cm³/mol. The molecule has 0 radical (unpaired) electrons. The molecule has 0 unspecified atom stereocenters. The molecule has 0 spiro atoms. The van der Waals surface area contributed by atoms with E-state index in [0.717, 1.165) is 0 Å². The lowest BCUT2D eigenvalue weighted by Gasteiger charge is -2.43. The van der Waals surface area contributed by atoms with Gasteiger partial charge in [0, 0.05) is 29.2 Å². The summed E-state index contributed by atoms with van der Waals surface area (Å²) in [6.45, 7) is -1.36. The van der Waals surface area contributed by atoms with Crippen LogP contribution in [0.3, 0.4) is 0 Å². The summed E-state index contributed by atoms with van der Waals surface area (Å²) in [6, 6.07) is 5.65. The summed E-state index contributed by atoms with van der Waals surface area (Å²) in [5, 5.41) is 267. The number of aliphatic hydroxyl groups is 2. The van der Waals surface area contributed by atoms with Gasteiger partial charge in [-0.3, -0.25) is 4.79 Å². The molecule has 11 rings (SSSR count). The molecule has 111 heavy (non-hydrogen) atoms. The lowest BCUT2D eigenvalue weighted by molar-refractivity contribution is -0.284. The number of benzene rings is 8. The van der Waals surface area contributed by atoms with Gasteiger partial charge in [-0.25, -0.2) is 33.6 Å². The monoisotopic (exact) mass is 1560 g/mol. The number of Topliss-reactive ketones (excluding diaryl/α,β-unsaturated/α-hetero) is 1. The minimum atomic E-state index is -2.89. The number of phenols is 23. The van der Waals surface area contributed by atoms with Gasteiger partial charge in [-0.2, -0.15) is 0 Å². The molecule has 43 heteroatoms. The molecule has 3 aliphatic rings. The van der Waals surface area contributed by atoms with Crippen molar-refractivity contribution in [3.8, 4) is 155 Å². The number of aromatic hydroxyl groups is 23. The topological polar surface area (TPSA) is 735 Å². The number of esters is 7. The molecule has 0 aromatic heterocycles. The molecule has 2 saturated heterocycles. The predicted octanol–water partition coefficient (Wildman–Crippen LogP) is 2.21. The van der Waals surface area contributed by atoms with Crippen LogP contribution >= 0.6 is 0 Å². The Morgan fingerprint density at radius 2 is 0.685 bits per heavy atom. The second kappa shape index (κ2) is 29.2. The molecule has 10 atom stereocenters. The van der Waals surface area contributed by atoms with Gasteiger partial charge in [-0.1, -0.05) is 0 Å². The van der Waals surface area contributed by atoms with E-state index in [1.807, 2.05) is 0 Å². The van der Waals surface area contributed by atoms with E-state index in [1.165, 1.54) is 0 Å². The Hall–Kier alpha value is -15.2. The first kappa shape index (κ1) is 76.9. The lowest BCUT2D eigenvalue weighted by atomic mass is 9.86. The summed E-state index contributed by atoms with van der Waals surface area (Å²) in [7, 11) is 0. The molecule has 0 bridgehead atoms. The molecule has 3 aliphatic heterocycles. The molecule has 3 heterocycles. The van der Waals surface area contributed by atoms with Crippen LogP contribution in [-0.2, 0) is 42.6 Å². The molecule has 0 aliphatic carbocycles. The van der Waals surface area contributed by atoms with Crippen molar-refractivity contribution >= 4 is 47.6 Å². The van der Waals surface area contributed by atoms with Gasteiger partial charge in [0.25, 0.3) is 0 Å². The summed E-state index contributed by atoms with van der Waals surface area (Å²) in [6.07, 6.45) is -27.7. The maximum Gasteiger partial charge on any atom is 0.342 e. The van der Waals surface area contributed by atoms with Crippen LogP contribution in [0.5, 0.6) is 144 Å². The largest absolute Gasteiger partial charge is 0.504 e. The van der Waals surface area contributed by atoms with Gasteiger partial charge >= 0.3 is 41.8 Å². The van der Waals surface area contributed by atoms with E-state index in [0.29, 0.717) is 66.7 Å². The van der Waals surface area contributed by atoms with Gasteiger partial charge < -0.3 is 175 Å². The molecule has 8 aromatic carbocycles. The van der Waals surface area contributed by atoms with Gasteiger partial charge in [-0.05, 0) is 72.8 Å². The van der Waals surface area contributed by atoms with E-state index in [4.69, 9.17) is 47.4 Å². The zero-order chi connectivity index (χ0) is 81.3. The van der Waals surface area contributed by atoms with Crippen LogP contribution in [-0.4, -0.2) is 243 Å². The number of fused-ring (bicyclic) bond motifs is 4. The number of carbonyl (C=O) groups is 8. The fourth-order valence-electron chi connectivity index (χ4n) is 11.4. The van der Waals surface area contributed by atoms with Gasteiger partial charge in [0.2, 0.25) is 23.0 Å². The maximum atomic E-state index is 15.3. The van der Waals surface area contributed by atoms with Crippen LogP contribution < -0.4 is 4.74 Å². The summed E-state index contributed by atoms with van der Waals surface area (Å²) in [4.78, 5) is 115. The Kier molecular flexibility index (Phi) is 20.3. The molecule has 0 saturated carbocycles. The summed E-state index contributed by atoms with van der Waals surface area (Å²) >= 11 is 0. The lowest BCUT2D eigenvalue weighted by Crippen LogP contribution is -2.62. The highest BCUT2D eigenvalue weighted by Gasteiger charge is 2.56. The Labute approximate surface area is 611 Å². The molecule has 8 aromatic rings. The van der Waals surface area contributed by atoms with Crippen molar-refractivity contribution in [2.75, 3.05) is 6.61 Å². The standard InChI is InChI=1S/C68H52O43/c69-24-14-38-54(56(108-62(95)18-5-29(74)44(84)30(75)6-18)58(67(100)104-38)110-64(97)20-9-33(78)46(86)34(79)10-20)107-65(98)22-11-35(80)47(87)50(90)41(22)40-21(24)13-37(49(89)51(40)91)103-53-23(12-36(81)48(88)52(53)92)66(99)111-59-57(109-63(96)19-7-31(76)45(85)32(77)8-19)55(106-61(94)17-3-27(72)43(83)28(73)4-17)39(105-68(59)101)15-102-60(93)16-1-25(70)42(82)26(71)2-16/h1-13,38-39,54-59,67-68,70-92,100-101H,14-15H2/t38-,39-,54-,55-,56+,57+,58-,59-,67-,68-/m1/s1. The summed E-state index contributed by atoms with van der Waals surface area (Å²) in [5.41, 5.74) is -10.9. The van der Waals surface area contributed by atoms with Gasteiger partial charge in [-0.15, -0.1) is 0 Å². The Morgan fingerprint density at radius 3 is 1.14 bits per heavy atom. The van der Waals surface area contributed by atoms with E-state index in [1.54, 1.807) is 0 Å². The van der Waals surface area contributed by atoms with Crippen molar-refractivity contribution in [2.45, 2.75) is 67.8 Å². The fraction of sp³-hybridized carbons (Fsp3) is 0.176. The maximum absolute atomic E-state index is 15.3. The second-order valence-corrected chi connectivity index (χ2v) is 24.0. The highest BCUT2D eigenvalue weighted by molar-refractivity contribution is 6.11. The van der Waals surface area contributed by atoms with E-state index in [9.17, 15) is 161 Å². The third-order valence-electron chi connectivity index (χ3n) is 16.9. The van der Waals surface area contributed by atoms with Gasteiger partial charge in [0.05, 0.1) is 33.4 Å². The second-order valence-electron chi connectivity index (χ2n) is 24.0. The molecule has 582 valence electrons. The fourth-order valence-corrected chi connectivity index (χ4v) is 11.4.